The number of allylic oxidation sites excluding steroid dienone is 1. The third kappa shape index (κ3) is 7.64. The Morgan fingerprint density at radius 1 is 1.15 bits per heavy atom. The Labute approximate surface area is 157 Å². The number of rotatable bonds is 7. The van der Waals surface area contributed by atoms with Gasteiger partial charge in [0.05, 0.1) is 0 Å². The van der Waals surface area contributed by atoms with Gasteiger partial charge in [0.2, 0.25) is 0 Å². The number of nitrogens with zero attached hydrogens (tertiary/aromatic N) is 1. The normalized spacial score (nSPS) is 10.3. The van der Waals surface area contributed by atoms with Gasteiger partial charge in [-0.05, 0) is 54.9 Å². The lowest BCUT2D eigenvalue weighted by Gasteiger charge is -2.14. The summed E-state index contributed by atoms with van der Waals surface area (Å²) in [6.07, 6.45) is 0.653. The van der Waals surface area contributed by atoms with Crippen LogP contribution < -0.4 is 11.1 Å². The highest BCUT2D eigenvalue weighted by Crippen LogP contribution is 2.24. The molecule has 2 rings (SSSR count). The lowest BCUT2D eigenvalue weighted by molar-refractivity contribution is -0.106. The van der Waals surface area contributed by atoms with Crippen molar-refractivity contribution in [2.45, 2.75) is 20.4 Å². The fraction of sp³-hybridized carbons (Fsp3) is 0.318. The Morgan fingerprint density at radius 3 is 2.27 bits per heavy atom. The number of anilines is 1. The quantitative estimate of drug-likeness (QED) is 0.735. The first-order valence-corrected chi connectivity index (χ1v) is 8.81. The number of benzene rings is 2. The summed E-state index contributed by atoms with van der Waals surface area (Å²) in [5.74, 6) is 0.433. The first-order valence-electron chi connectivity index (χ1n) is 8.81. The van der Waals surface area contributed by atoms with Gasteiger partial charge in [0.15, 0.2) is 0 Å². The molecule has 3 N–H and O–H groups in total. The van der Waals surface area contributed by atoms with Gasteiger partial charge in [0.1, 0.15) is 6.29 Å². The smallest absolute Gasteiger partial charge is 0.133 e. The Bertz CT molecular complexity index is 691. The Hall–Kier alpha value is -2.43. The van der Waals surface area contributed by atoms with Gasteiger partial charge in [0.25, 0.3) is 0 Å². The molecule has 0 aromatic heterocycles. The van der Waals surface area contributed by atoms with Gasteiger partial charge in [0, 0.05) is 24.5 Å². The maximum atomic E-state index is 9.05. The number of nitrogens with two attached hydrogens (primary N) is 1. The fourth-order valence-corrected chi connectivity index (χ4v) is 2.29. The first kappa shape index (κ1) is 21.6. The highest BCUT2D eigenvalue weighted by atomic mass is 16.1. The molecule has 0 spiro atoms. The van der Waals surface area contributed by atoms with Crippen molar-refractivity contribution in [2.75, 3.05) is 26.0 Å². The summed E-state index contributed by atoms with van der Waals surface area (Å²) in [5.41, 5.74) is 10.6. The second-order valence-electron chi connectivity index (χ2n) is 6.72. The van der Waals surface area contributed by atoms with Crippen molar-refractivity contribution in [3.05, 3.63) is 66.4 Å². The summed E-state index contributed by atoms with van der Waals surface area (Å²) in [7, 11) is 4.18. The Balaban J connectivity index is 0.000000765. The van der Waals surface area contributed by atoms with Gasteiger partial charge in [-0.25, -0.2) is 0 Å². The maximum absolute atomic E-state index is 9.05. The summed E-state index contributed by atoms with van der Waals surface area (Å²) < 4.78 is 0. The van der Waals surface area contributed by atoms with E-state index in [2.05, 4.69) is 99.0 Å². The van der Waals surface area contributed by atoms with Crippen LogP contribution in [0.3, 0.4) is 0 Å². The van der Waals surface area contributed by atoms with Crippen LogP contribution in [0.2, 0.25) is 0 Å². The second kappa shape index (κ2) is 11.2. The van der Waals surface area contributed by atoms with E-state index < -0.39 is 0 Å². The van der Waals surface area contributed by atoms with Crippen molar-refractivity contribution in [1.29, 1.82) is 0 Å². The number of aldehydes is 1. The SMILES string of the molecule is C=C(Nc1ccc(-c2cccc(CN(C)C)c2)cc1)C(C)C.NCC=O. The third-order valence-electron chi connectivity index (χ3n) is 3.74. The van der Waals surface area contributed by atoms with Crippen LogP contribution in [0.4, 0.5) is 5.69 Å². The van der Waals surface area contributed by atoms with E-state index in [0.29, 0.717) is 12.2 Å². The standard InChI is InChI=1S/C20H26N2.C2H5NO/c1-15(2)16(3)21-20-11-9-18(10-12-20)19-8-6-7-17(13-19)14-22(4)5;3-1-2-4/h6-13,15,21H,3,14H2,1-2,4-5H3;2H,1,3H2. The predicted molar refractivity (Wildman–Crippen MR) is 112 cm³/mol. The zero-order valence-electron chi connectivity index (χ0n) is 16.3. The predicted octanol–water partition coefficient (Wildman–Crippen LogP) is 4.14. The molecule has 140 valence electrons. The molecule has 0 aliphatic heterocycles. The van der Waals surface area contributed by atoms with Gasteiger partial charge in [-0.3, -0.25) is 0 Å². The molecule has 0 amide bonds. The number of hydrogen-bond acceptors (Lipinski definition) is 4. The molecule has 0 aliphatic rings. The molecule has 0 saturated carbocycles. The molecule has 0 radical (unpaired) electrons. The van der Waals surface area contributed by atoms with Crippen molar-refractivity contribution in [3.63, 3.8) is 0 Å². The van der Waals surface area contributed by atoms with Crippen LogP contribution in [0.25, 0.3) is 11.1 Å². The zero-order valence-corrected chi connectivity index (χ0v) is 16.3. The summed E-state index contributed by atoms with van der Waals surface area (Å²) in [5, 5.41) is 3.36. The molecule has 4 heteroatoms. The maximum Gasteiger partial charge on any atom is 0.133 e. The minimum Gasteiger partial charge on any atom is -0.359 e. The summed E-state index contributed by atoms with van der Waals surface area (Å²) in [6.45, 7) is 9.43. The number of nitrogens with one attached hydrogen (secondary N) is 1. The van der Waals surface area contributed by atoms with Gasteiger partial charge in [-0.1, -0.05) is 50.8 Å². The van der Waals surface area contributed by atoms with Gasteiger partial charge < -0.3 is 20.7 Å². The van der Waals surface area contributed by atoms with Gasteiger partial charge >= 0.3 is 0 Å². The van der Waals surface area contributed by atoms with Crippen molar-refractivity contribution in [1.82, 2.24) is 4.90 Å². The topological polar surface area (TPSA) is 58.4 Å². The third-order valence-corrected chi connectivity index (χ3v) is 3.74. The molecule has 2 aromatic carbocycles. The van der Waals surface area contributed by atoms with Crippen molar-refractivity contribution in [3.8, 4) is 11.1 Å². The largest absolute Gasteiger partial charge is 0.359 e. The van der Waals surface area contributed by atoms with E-state index in [1.807, 2.05) is 0 Å². The lowest BCUT2D eigenvalue weighted by atomic mass is 10.0. The minimum absolute atomic E-state index is 0.139. The molecule has 0 fully saturated rings. The monoisotopic (exact) mass is 353 g/mol. The highest BCUT2D eigenvalue weighted by Gasteiger charge is 2.03. The van der Waals surface area contributed by atoms with Crippen molar-refractivity contribution >= 4 is 12.0 Å². The average molecular weight is 354 g/mol. The van der Waals surface area contributed by atoms with E-state index in [4.69, 9.17) is 4.79 Å². The number of hydrogen-bond donors (Lipinski definition) is 2. The molecular formula is C22H31N3O. The summed E-state index contributed by atoms with van der Waals surface area (Å²) in [6, 6.07) is 17.3. The molecule has 0 bridgehead atoms. The van der Waals surface area contributed by atoms with Crippen LogP contribution in [0.15, 0.2) is 60.8 Å². The number of carbonyl (C=O) groups is 1. The second-order valence-corrected chi connectivity index (χ2v) is 6.72. The van der Waals surface area contributed by atoms with E-state index in [0.717, 1.165) is 17.9 Å². The molecule has 4 nitrogen and oxygen atoms in total. The van der Waals surface area contributed by atoms with Crippen LogP contribution in [-0.4, -0.2) is 31.8 Å². The fourth-order valence-electron chi connectivity index (χ4n) is 2.29. The molecule has 2 aromatic rings. The van der Waals surface area contributed by atoms with E-state index in [-0.39, 0.29) is 6.54 Å². The molecular weight excluding hydrogens is 322 g/mol. The first-order chi connectivity index (χ1) is 12.4. The van der Waals surface area contributed by atoms with Crippen LogP contribution in [0.1, 0.15) is 19.4 Å². The Morgan fingerprint density at radius 2 is 1.77 bits per heavy atom. The summed E-state index contributed by atoms with van der Waals surface area (Å²) in [4.78, 5) is 11.2. The van der Waals surface area contributed by atoms with Crippen LogP contribution in [-0.2, 0) is 11.3 Å². The van der Waals surface area contributed by atoms with Crippen LogP contribution in [0, 0.1) is 5.92 Å². The summed E-state index contributed by atoms with van der Waals surface area (Å²) >= 11 is 0. The molecule has 0 heterocycles. The Kier molecular flexibility index (Phi) is 9.34. The molecule has 0 aliphatic carbocycles. The van der Waals surface area contributed by atoms with Crippen LogP contribution >= 0.6 is 0 Å². The van der Waals surface area contributed by atoms with E-state index in [1.54, 1.807) is 0 Å². The molecule has 0 atom stereocenters. The van der Waals surface area contributed by atoms with E-state index in [1.165, 1.54) is 16.7 Å². The van der Waals surface area contributed by atoms with E-state index >= 15 is 0 Å². The van der Waals surface area contributed by atoms with E-state index in [9.17, 15) is 0 Å². The molecule has 26 heavy (non-hydrogen) atoms. The molecule has 0 saturated heterocycles. The highest BCUT2D eigenvalue weighted by molar-refractivity contribution is 5.67. The van der Waals surface area contributed by atoms with Crippen LogP contribution in [0.5, 0.6) is 0 Å². The van der Waals surface area contributed by atoms with Crippen molar-refractivity contribution < 1.29 is 4.79 Å². The zero-order chi connectivity index (χ0) is 19.5. The van der Waals surface area contributed by atoms with Gasteiger partial charge in [-0.2, -0.15) is 0 Å². The van der Waals surface area contributed by atoms with Crippen molar-refractivity contribution in [2.24, 2.45) is 11.7 Å². The van der Waals surface area contributed by atoms with Gasteiger partial charge in [-0.15, -0.1) is 0 Å². The minimum atomic E-state index is 0.139. The number of carbonyl (C=O) groups excluding carboxylic acids is 1. The average Bonchev–Trinajstić information content (AvgIpc) is 2.62. The lowest BCUT2D eigenvalue weighted by Crippen LogP contribution is -2.10. The molecule has 0 unspecified atom stereocenters.